The summed E-state index contributed by atoms with van der Waals surface area (Å²) in [6.45, 7) is 0. The quantitative estimate of drug-likeness (QED) is 0.444. The molecule has 0 bridgehead atoms. The van der Waals surface area contributed by atoms with E-state index in [1.807, 2.05) is 0 Å². The van der Waals surface area contributed by atoms with Gasteiger partial charge in [-0.25, -0.2) is 0 Å². The Balaban J connectivity index is 2.27. The number of nitro groups is 2. The zero-order chi connectivity index (χ0) is 17.7. The molecule has 10 heteroatoms. The predicted octanol–water partition coefficient (Wildman–Crippen LogP) is 2.61. The Labute approximate surface area is 136 Å². The summed E-state index contributed by atoms with van der Waals surface area (Å²) in [4.78, 5) is 19.1. The molecule has 0 heterocycles. The van der Waals surface area contributed by atoms with Gasteiger partial charge in [-0.05, 0) is 23.8 Å². The Kier molecular flexibility index (Phi) is 4.90. The molecule has 0 unspecified atom stereocenters. The Morgan fingerprint density at radius 2 is 1.58 bits per heavy atom. The zero-order valence-corrected chi connectivity index (χ0v) is 12.8. The number of para-hydroxylation sites is 1. The smallest absolute Gasteiger partial charge is 0.346 e. The Hall–Kier alpha value is -3.27. The zero-order valence-electron chi connectivity index (χ0n) is 11.9. The molecule has 0 N–H and O–H groups in total. The summed E-state index contributed by atoms with van der Waals surface area (Å²) < 4.78 is 29.3. The van der Waals surface area contributed by atoms with Crippen LogP contribution in [0.15, 0.2) is 59.6 Å². The summed E-state index contributed by atoms with van der Waals surface area (Å²) in [5, 5.41) is 21.1. The number of nitrogens with zero attached hydrogens (tertiary/aromatic N) is 2. The predicted molar refractivity (Wildman–Crippen MR) is 83.4 cm³/mol. The number of hydrogen-bond donors (Lipinski definition) is 0. The van der Waals surface area contributed by atoms with E-state index in [0.29, 0.717) is 5.56 Å². The van der Waals surface area contributed by atoms with Crippen LogP contribution in [0.5, 0.6) is 5.75 Å². The first-order chi connectivity index (χ1) is 11.3. The van der Waals surface area contributed by atoms with Gasteiger partial charge in [0.15, 0.2) is 4.90 Å². The highest BCUT2D eigenvalue weighted by Gasteiger charge is 2.27. The maximum atomic E-state index is 12.2. The van der Waals surface area contributed by atoms with E-state index in [2.05, 4.69) is 0 Å². The highest BCUT2D eigenvalue weighted by atomic mass is 32.2. The first-order valence-electron chi connectivity index (χ1n) is 6.39. The standard InChI is InChI=1S/C14H10N2O7S/c17-15(18)10-9-11-5-7-12(8-6-11)23-24(21,22)14-4-2-1-3-13(14)16(19)20/h1-10H/b10-9+. The van der Waals surface area contributed by atoms with Gasteiger partial charge in [-0.1, -0.05) is 24.3 Å². The van der Waals surface area contributed by atoms with Gasteiger partial charge in [0, 0.05) is 12.1 Å². The Morgan fingerprint density at radius 1 is 0.958 bits per heavy atom. The third kappa shape index (κ3) is 4.14. The lowest BCUT2D eigenvalue weighted by molar-refractivity contribution is -0.400. The fourth-order valence-corrected chi connectivity index (χ4v) is 2.87. The first kappa shape index (κ1) is 17.1. The molecular formula is C14H10N2O7S. The summed E-state index contributed by atoms with van der Waals surface area (Å²) in [6.07, 6.45) is 1.96. The maximum Gasteiger partial charge on any atom is 0.346 e. The average Bonchev–Trinajstić information content (AvgIpc) is 2.54. The van der Waals surface area contributed by atoms with Crippen molar-refractivity contribution in [3.63, 3.8) is 0 Å². The van der Waals surface area contributed by atoms with E-state index >= 15 is 0 Å². The Morgan fingerprint density at radius 3 is 2.17 bits per heavy atom. The van der Waals surface area contributed by atoms with Crippen molar-refractivity contribution in [2.24, 2.45) is 0 Å². The lowest BCUT2D eigenvalue weighted by atomic mass is 10.2. The second-order valence-electron chi connectivity index (χ2n) is 4.43. The molecule has 0 saturated carbocycles. The minimum Gasteiger partial charge on any atom is -0.379 e. The topological polar surface area (TPSA) is 130 Å². The number of hydrogen-bond acceptors (Lipinski definition) is 7. The van der Waals surface area contributed by atoms with E-state index in [9.17, 15) is 28.6 Å². The molecule has 0 radical (unpaired) electrons. The van der Waals surface area contributed by atoms with Crippen molar-refractivity contribution in [3.05, 3.63) is 80.5 Å². The van der Waals surface area contributed by atoms with Gasteiger partial charge in [-0.2, -0.15) is 8.42 Å². The largest absolute Gasteiger partial charge is 0.379 e. The summed E-state index contributed by atoms with van der Waals surface area (Å²) in [6, 6.07) is 10.2. The first-order valence-corrected chi connectivity index (χ1v) is 7.80. The van der Waals surface area contributed by atoms with Crippen LogP contribution in [0.3, 0.4) is 0 Å². The van der Waals surface area contributed by atoms with Gasteiger partial charge >= 0.3 is 10.1 Å². The average molecular weight is 350 g/mol. The van der Waals surface area contributed by atoms with Crippen LogP contribution in [0.2, 0.25) is 0 Å². The molecule has 24 heavy (non-hydrogen) atoms. The van der Waals surface area contributed by atoms with Crippen molar-refractivity contribution in [2.75, 3.05) is 0 Å². The minimum atomic E-state index is -4.40. The maximum absolute atomic E-state index is 12.2. The van der Waals surface area contributed by atoms with E-state index in [-0.39, 0.29) is 5.75 Å². The van der Waals surface area contributed by atoms with Crippen molar-refractivity contribution in [2.45, 2.75) is 4.90 Å². The molecule has 2 rings (SSSR count). The van der Waals surface area contributed by atoms with Gasteiger partial charge in [0.1, 0.15) is 5.75 Å². The molecule has 2 aromatic rings. The monoisotopic (exact) mass is 350 g/mol. The highest BCUT2D eigenvalue weighted by molar-refractivity contribution is 7.87. The van der Waals surface area contributed by atoms with Crippen LogP contribution < -0.4 is 4.18 Å². The van der Waals surface area contributed by atoms with Crippen LogP contribution in [-0.4, -0.2) is 18.3 Å². The van der Waals surface area contributed by atoms with E-state index in [1.54, 1.807) is 0 Å². The SMILES string of the molecule is O=[N+]([O-])/C=C/c1ccc(OS(=O)(=O)c2ccccc2[N+](=O)[O-])cc1. The molecule has 124 valence electrons. The third-order valence-corrected chi connectivity index (χ3v) is 4.10. The fourth-order valence-electron chi connectivity index (χ4n) is 1.77. The van der Waals surface area contributed by atoms with Crippen molar-refractivity contribution >= 4 is 21.9 Å². The molecule has 9 nitrogen and oxygen atoms in total. The molecule has 0 atom stereocenters. The molecule has 0 aromatic heterocycles. The second kappa shape index (κ2) is 6.87. The normalized spacial score (nSPS) is 11.3. The van der Waals surface area contributed by atoms with E-state index in [0.717, 1.165) is 18.3 Å². The molecule has 2 aromatic carbocycles. The Bertz CT molecular complexity index is 905. The van der Waals surface area contributed by atoms with E-state index in [4.69, 9.17) is 4.18 Å². The third-order valence-electron chi connectivity index (χ3n) is 2.81. The van der Waals surface area contributed by atoms with Gasteiger partial charge in [0.2, 0.25) is 6.20 Å². The summed E-state index contributed by atoms with van der Waals surface area (Å²) in [5.74, 6) is -0.0774. The molecular weight excluding hydrogens is 340 g/mol. The summed E-state index contributed by atoms with van der Waals surface area (Å²) in [7, 11) is -4.40. The lowest BCUT2D eigenvalue weighted by Crippen LogP contribution is -2.11. The second-order valence-corrected chi connectivity index (χ2v) is 5.95. The summed E-state index contributed by atoms with van der Waals surface area (Å²) in [5.41, 5.74) is -0.134. The minimum absolute atomic E-state index is 0.0774. The van der Waals surface area contributed by atoms with Crippen LogP contribution >= 0.6 is 0 Å². The fraction of sp³-hybridized carbons (Fsp3) is 0. The van der Waals surface area contributed by atoms with Gasteiger partial charge in [-0.3, -0.25) is 20.2 Å². The van der Waals surface area contributed by atoms with E-state index < -0.39 is 30.5 Å². The molecule has 0 saturated heterocycles. The molecule has 0 aliphatic heterocycles. The number of rotatable bonds is 6. The number of nitro benzene ring substituents is 1. The van der Waals surface area contributed by atoms with Crippen LogP contribution in [0.25, 0.3) is 6.08 Å². The van der Waals surface area contributed by atoms with Gasteiger partial charge in [0.05, 0.1) is 9.85 Å². The highest BCUT2D eigenvalue weighted by Crippen LogP contribution is 2.26. The van der Waals surface area contributed by atoms with Gasteiger partial charge < -0.3 is 4.18 Å². The lowest BCUT2D eigenvalue weighted by Gasteiger charge is -2.07. The van der Waals surface area contributed by atoms with Crippen LogP contribution in [0.4, 0.5) is 5.69 Å². The van der Waals surface area contributed by atoms with Crippen LogP contribution in [0.1, 0.15) is 5.56 Å². The molecule has 0 spiro atoms. The van der Waals surface area contributed by atoms with Crippen molar-refractivity contribution in [1.29, 1.82) is 0 Å². The van der Waals surface area contributed by atoms with Gasteiger partial charge in [-0.15, -0.1) is 0 Å². The van der Waals surface area contributed by atoms with Gasteiger partial charge in [0.25, 0.3) is 5.69 Å². The summed E-state index contributed by atoms with van der Waals surface area (Å²) >= 11 is 0. The van der Waals surface area contributed by atoms with Crippen molar-refractivity contribution in [3.8, 4) is 5.75 Å². The van der Waals surface area contributed by atoms with E-state index in [1.165, 1.54) is 42.5 Å². The van der Waals surface area contributed by atoms with Crippen molar-refractivity contribution in [1.82, 2.24) is 0 Å². The number of benzene rings is 2. The van der Waals surface area contributed by atoms with Crippen LogP contribution in [0, 0.1) is 20.2 Å². The molecule has 0 amide bonds. The van der Waals surface area contributed by atoms with Crippen molar-refractivity contribution < 1.29 is 22.4 Å². The molecule has 0 aliphatic carbocycles. The molecule has 0 aliphatic rings. The van der Waals surface area contributed by atoms with Crippen LogP contribution in [-0.2, 0) is 10.1 Å². The molecule has 0 fully saturated rings.